The number of fused-ring (bicyclic) bond motifs is 1. The van der Waals surface area contributed by atoms with Crippen LogP contribution in [0.4, 0.5) is 5.69 Å². The Bertz CT molecular complexity index is 459. The Labute approximate surface area is 112 Å². The van der Waals surface area contributed by atoms with Gasteiger partial charge in [0.05, 0.1) is 5.69 Å². The van der Waals surface area contributed by atoms with Gasteiger partial charge in [-0.25, -0.2) is 0 Å². The molecule has 1 atom stereocenters. The van der Waals surface area contributed by atoms with E-state index in [2.05, 4.69) is 6.07 Å². The molecule has 18 heavy (non-hydrogen) atoms. The first-order valence-corrected chi connectivity index (χ1v) is 7.52. The lowest BCUT2D eigenvalue weighted by atomic mass is 10.1. The summed E-state index contributed by atoms with van der Waals surface area (Å²) in [7, 11) is 0. The van der Waals surface area contributed by atoms with Crippen molar-refractivity contribution in [1.82, 2.24) is 0 Å². The highest BCUT2D eigenvalue weighted by atomic mass is 32.2. The van der Waals surface area contributed by atoms with E-state index < -0.39 is 0 Å². The van der Waals surface area contributed by atoms with E-state index in [1.807, 2.05) is 34.9 Å². The number of amides is 1. The van der Waals surface area contributed by atoms with Gasteiger partial charge >= 0.3 is 0 Å². The minimum atomic E-state index is 0.0549. The fourth-order valence-electron chi connectivity index (χ4n) is 2.43. The molecule has 0 radical (unpaired) electrons. The van der Waals surface area contributed by atoms with Gasteiger partial charge in [-0.15, -0.1) is 11.8 Å². The van der Waals surface area contributed by atoms with Crippen LogP contribution < -0.4 is 10.6 Å². The summed E-state index contributed by atoms with van der Waals surface area (Å²) in [5.74, 6) is 1.74. The van der Waals surface area contributed by atoms with E-state index >= 15 is 0 Å². The maximum atomic E-state index is 12.3. The maximum absolute atomic E-state index is 12.3. The summed E-state index contributed by atoms with van der Waals surface area (Å²) >= 11 is 1.82. The number of rotatable bonds is 3. The Morgan fingerprint density at radius 3 is 3.00 bits per heavy atom. The molecule has 0 aromatic heterocycles. The summed E-state index contributed by atoms with van der Waals surface area (Å²) in [4.78, 5) is 15.5. The molecule has 1 saturated carbocycles. The van der Waals surface area contributed by atoms with Crippen LogP contribution >= 0.6 is 11.8 Å². The maximum Gasteiger partial charge on any atom is 0.228 e. The topological polar surface area (TPSA) is 46.3 Å². The van der Waals surface area contributed by atoms with Crippen molar-refractivity contribution in [2.75, 3.05) is 17.2 Å². The molecule has 1 heterocycles. The van der Waals surface area contributed by atoms with Crippen LogP contribution in [0.1, 0.15) is 19.3 Å². The minimum absolute atomic E-state index is 0.0549. The van der Waals surface area contributed by atoms with Crippen LogP contribution in [0.25, 0.3) is 0 Å². The standard InChI is InChI=1S/C14H18N2OS/c15-11(10-5-6-10)9-14(17)16-7-8-18-13-4-2-1-3-12(13)16/h1-4,10-11H,5-9,15H2. The van der Waals surface area contributed by atoms with Crippen LogP contribution in [0.2, 0.25) is 0 Å². The Balaban J connectivity index is 1.74. The second kappa shape index (κ2) is 4.94. The van der Waals surface area contributed by atoms with Crippen LogP contribution in [-0.2, 0) is 4.79 Å². The lowest BCUT2D eigenvalue weighted by Crippen LogP contribution is -2.39. The summed E-state index contributed by atoms with van der Waals surface area (Å²) in [6.45, 7) is 0.803. The average Bonchev–Trinajstić information content (AvgIpc) is 3.22. The normalized spacial score (nSPS) is 20.4. The van der Waals surface area contributed by atoms with Crippen LogP contribution in [0.15, 0.2) is 29.2 Å². The molecule has 1 fully saturated rings. The molecule has 1 aliphatic carbocycles. The van der Waals surface area contributed by atoms with Gasteiger partial charge in [-0.1, -0.05) is 12.1 Å². The zero-order chi connectivity index (χ0) is 12.5. The van der Waals surface area contributed by atoms with Crippen molar-refractivity contribution >= 4 is 23.4 Å². The van der Waals surface area contributed by atoms with Gasteiger partial charge in [-0.05, 0) is 30.9 Å². The van der Waals surface area contributed by atoms with Crippen LogP contribution in [0.5, 0.6) is 0 Å². The van der Waals surface area contributed by atoms with Crippen molar-refractivity contribution in [3.63, 3.8) is 0 Å². The van der Waals surface area contributed by atoms with E-state index in [0.717, 1.165) is 18.0 Å². The number of nitrogens with two attached hydrogens (primary N) is 1. The Morgan fingerprint density at radius 2 is 2.22 bits per heavy atom. The number of thioether (sulfide) groups is 1. The summed E-state index contributed by atoms with van der Waals surface area (Å²) in [6.07, 6.45) is 2.88. The zero-order valence-corrected chi connectivity index (χ0v) is 11.2. The molecular weight excluding hydrogens is 244 g/mol. The van der Waals surface area contributed by atoms with Gasteiger partial charge in [0.1, 0.15) is 0 Å². The predicted octanol–water partition coefficient (Wildman–Crippen LogP) is 2.25. The summed E-state index contributed by atoms with van der Waals surface area (Å²) in [6, 6.07) is 8.18. The third kappa shape index (κ3) is 2.40. The first-order valence-electron chi connectivity index (χ1n) is 6.53. The molecule has 1 aromatic rings. The number of anilines is 1. The van der Waals surface area contributed by atoms with Gasteiger partial charge in [-0.2, -0.15) is 0 Å². The van der Waals surface area contributed by atoms with E-state index in [-0.39, 0.29) is 11.9 Å². The van der Waals surface area contributed by atoms with Crippen LogP contribution in [-0.4, -0.2) is 24.2 Å². The quantitative estimate of drug-likeness (QED) is 0.909. The fourth-order valence-corrected chi connectivity index (χ4v) is 3.43. The van der Waals surface area contributed by atoms with Gasteiger partial charge in [0.15, 0.2) is 0 Å². The molecule has 0 spiro atoms. The molecule has 1 aliphatic heterocycles. The van der Waals surface area contributed by atoms with E-state index in [1.165, 1.54) is 17.7 Å². The van der Waals surface area contributed by atoms with Gasteiger partial charge in [0.2, 0.25) is 5.91 Å². The Morgan fingerprint density at radius 1 is 1.44 bits per heavy atom. The predicted molar refractivity (Wildman–Crippen MR) is 74.8 cm³/mol. The molecule has 1 unspecified atom stereocenters. The first-order chi connectivity index (χ1) is 8.75. The highest BCUT2D eigenvalue weighted by Gasteiger charge is 2.32. The minimum Gasteiger partial charge on any atom is -0.327 e. The summed E-state index contributed by atoms with van der Waals surface area (Å²) in [5, 5.41) is 0. The smallest absolute Gasteiger partial charge is 0.228 e. The third-order valence-corrected chi connectivity index (χ3v) is 4.71. The molecule has 96 valence electrons. The summed E-state index contributed by atoms with van der Waals surface area (Å²) < 4.78 is 0. The number of benzene rings is 1. The number of carbonyl (C=O) groups is 1. The van der Waals surface area contributed by atoms with E-state index in [4.69, 9.17) is 5.73 Å². The molecule has 0 bridgehead atoms. The van der Waals surface area contributed by atoms with E-state index in [0.29, 0.717) is 12.3 Å². The molecule has 1 amide bonds. The number of para-hydroxylation sites is 1. The van der Waals surface area contributed by atoms with Gasteiger partial charge in [0, 0.05) is 29.7 Å². The van der Waals surface area contributed by atoms with Crippen molar-refractivity contribution in [1.29, 1.82) is 0 Å². The van der Waals surface area contributed by atoms with E-state index in [9.17, 15) is 4.79 Å². The molecule has 1 aromatic carbocycles. The van der Waals surface area contributed by atoms with Gasteiger partial charge in [-0.3, -0.25) is 4.79 Å². The average molecular weight is 262 g/mol. The molecule has 2 N–H and O–H groups in total. The van der Waals surface area contributed by atoms with E-state index in [1.54, 1.807) is 0 Å². The Hall–Kier alpha value is -1.00. The monoisotopic (exact) mass is 262 g/mol. The van der Waals surface area contributed by atoms with Crippen molar-refractivity contribution in [2.24, 2.45) is 11.7 Å². The van der Waals surface area contributed by atoms with Crippen LogP contribution in [0, 0.1) is 5.92 Å². The molecular formula is C14H18N2OS. The van der Waals surface area contributed by atoms with Crippen molar-refractivity contribution in [3.8, 4) is 0 Å². The molecule has 4 heteroatoms. The number of nitrogens with zero attached hydrogens (tertiary/aromatic N) is 1. The largest absolute Gasteiger partial charge is 0.327 e. The first kappa shape index (κ1) is 12.1. The Kier molecular flexibility index (Phi) is 3.31. The molecule has 2 aliphatic rings. The number of carbonyl (C=O) groups excluding carboxylic acids is 1. The molecule has 3 rings (SSSR count). The van der Waals surface area contributed by atoms with Crippen molar-refractivity contribution in [2.45, 2.75) is 30.2 Å². The second-order valence-electron chi connectivity index (χ2n) is 5.07. The highest BCUT2D eigenvalue weighted by Crippen LogP contribution is 2.36. The van der Waals surface area contributed by atoms with Crippen LogP contribution in [0.3, 0.4) is 0 Å². The van der Waals surface area contributed by atoms with Gasteiger partial charge < -0.3 is 10.6 Å². The van der Waals surface area contributed by atoms with Crippen molar-refractivity contribution < 1.29 is 4.79 Å². The second-order valence-corrected chi connectivity index (χ2v) is 6.20. The zero-order valence-electron chi connectivity index (χ0n) is 10.3. The van der Waals surface area contributed by atoms with Crippen molar-refractivity contribution in [3.05, 3.63) is 24.3 Å². The highest BCUT2D eigenvalue weighted by molar-refractivity contribution is 7.99. The fraction of sp³-hybridized carbons (Fsp3) is 0.500. The number of hydrogen-bond acceptors (Lipinski definition) is 3. The lowest BCUT2D eigenvalue weighted by Gasteiger charge is -2.29. The summed E-state index contributed by atoms with van der Waals surface area (Å²) in [5.41, 5.74) is 7.11. The number of hydrogen-bond donors (Lipinski definition) is 1. The molecule has 3 nitrogen and oxygen atoms in total. The molecule has 0 saturated heterocycles. The lowest BCUT2D eigenvalue weighted by molar-refractivity contribution is -0.119. The van der Waals surface area contributed by atoms with Gasteiger partial charge in [0.25, 0.3) is 0 Å². The third-order valence-electron chi connectivity index (χ3n) is 3.67. The SMILES string of the molecule is NC(CC(=O)N1CCSc2ccccc21)C1CC1.